The zero-order valence-electron chi connectivity index (χ0n) is 22.3. The average molecular weight is 526 g/mol. The maximum absolute atomic E-state index is 12.2. The number of benzene rings is 2. The molecule has 1 aromatic heterocycles. The van der Waals surface area contributed by atoms with E-state index in [9.17, 15) is 9.50 Å². The van der Waals surface area contributed by atoms with E-state index >= 15 is 0 Å². The summed E-state index contributed by atoms with van der Waals surface area (Å²) < 4.78 is 18.0. The Hall–Kier alpha value is -2.15. The van der Waals surface area contributed by atoms with Gasteiger partial charge in [0.25, 0.3) is 0 Å². The number of hydrogen-bond acceptors (Lipinski definition) is 4. The number of likely N-dealkylation sites (tertiary alicyclic amines) is 1. The molecule has 2 heterocycles. The number of aromatic nitrogens is 1. The fourth-order valence-corrected chi connectivity index (χ4v) is 6.28. The van der Waals surface area contributed by atoms with Crippen LogP contribution >= 0.6 is 11.8 Å². The minimum Gasteiger partial charge on any atom is -0.378 e. The lowest BCUT2D eigenvalue weighted by atomic mass is 9.71. The Bertz CT molecular complexity index is 1060. The molecule has 2 fully saturated rings. The fourth-order valence-electron chi connectivity index (χ4n) is 5.87. The highest BCUT2D eigenvalue weighted by Gasteiger charge is 2.43. The van der Waals surface area contributed by atoms with Crippen molar-refractivity contribution in [3.8, 4) is 0 Å². The van der Waals surface area contributed by atoms with Crippen molar-refractivity contribution in [1.29, 1.82) is 0 Å². The summed E-state index contributed by atoms with van der Waals surface area (Å²) in [7, 11) is 0. The van der Waals surface area contributed by atoms with Crippen molar-refractivity contribution >= 4 is 11.8 Å². The largest absolute Gasteiger partial charge is 0.378 e. The van der Waals surface area contributed by atoms with Gasteiger partial charge in [-0.2, -0.15) is 0 Å². The first kappa shape index (κ1) is 27.9. The van der Waals surface area contributed by atoms with Crippen LogP contribution in [0.15, 0.2) is 70.1 Å². The van der Waals surface area contributed by atoms with Gasteiger partial charge in [0.2, 0.25) is 0 Å². The topological polar surface area (TPSA) is 50.7 Å². The molecular weight excluding hydrogens is 483 g/mol. The molecule has 2 aliphatic rings. The number of rotatable bonds is 7. The molecule has 5 rings (SSSR count). The van der Waals surface area contributed by atoms with Crippen molar-refractivity contribution in [2.24, 2.45) is 11.8 Å². The van der Waals surface area contributed by atoms with Gasteiger partial charge in [0.15, 0.2) is 5.76 Å². The number of hydrogen-bond donors (Lipinski definition) is 2. The van der Waals surface area contributed by atoms with Crippen LogP contribution in [0.3, 0.4) is 0 Å². The number of aliphatic hydroxyl groups is 1. The van der Waals surface area contributed by atoms with Crippen LogP contribution < -0.4 is 4.90 Å². The van der Waals surface area contributed by atoms with Gasteiger partial charge in [0, 0.05) is 11.0 Å². The van der Waals surface area contributed by atoms with Gasteiger partial charge in [0.1, 0.15) is 23.7 Å². The normalized spacial score (nSPS) is 22.1. The lowest BCUT2D eigenvalue weighted by Crippen LogP contribution is -3.11. The number of quaternary nitrogens is 1. The molecule has 2 aromatic carbocycles. The zero-order valence-corrected chi connectivity index (χ0v) is 23.1. The Morgan fingerprint density at radius 2 is 1.68 bits per heavy atom. The van der Waals surface area contributed by atoms with Gasteiger partial charge in [-0.05, 0) is 73.6 Å². The molecular formula is C31H42FN2O2S+. The van der Waals surface area contributed by atoms with E-state index in [2.05, 4.69) is 12.1 Å². The quantitative estimate of drug-likeness (QED) is 0.359. The van der Waals surface area contributed by atoms with Crippen molar-refractivity contribution in [1.82, 2.24) is 5.16 Å². The van der Waals surface area contributed by atoms with E-state index in [4.69, 9.17) is 4.52 Å². The Labute approximate surface area is 225 Å². The van der Waals surface area contributed by atoms with Gasteiger partial charge in [-0.1, -0.05) is 68.1 Å². The predicted molar refractivity (Wildman–Crippen MR) is 148 cm³/mol. The summed E-state index contributed by atoms with van der Waals surface area (Å²) in [6.45, 7) is 5.59. The number of piperidine rings is 1. The van der Waals surface area contributed by atoms with E-state index in [-0.39, 0.29) is 11.7 Å². The summed E-state index contributed by atoms with van der Waals surface area (Å²) in [5.74, 6) is 1.83. The Morgan fingerprint density at radius 1 is 1.00 bits per heavy atom. The Morgan fingerprint density at radius 3 is 2.30 bits per heavy atom. The molecule has 1 saturated carbocycles. The zero-order chi connectivity index (χ0) is 26.1. The maximum atomic E-state index is 12.2. The first-order valence-electron chi connectivity index (χ1n) is 13.9. The number of nitrogens with one attached hydrogen (secondary N) is 1. The molecule has 1 aliphatic carbocycles. The number of halogens is 1. The highest BCUT2D eigenvalue weighted by Crippen LogP contribution is 2.43. The molecule has 4 nitrogen and oxygen atoms in total. The highest BCUT2D eigenvalue weighted by atomic mass is 32.2. The van der Waals surface area contributed by atoms with Gasteiger partial charge < -0.3 is 14.5 Å². The monoisotopic (exact) mass is 525 g/mol. The van der Waals surface area contributed by atoms with E-state index in [1.165, 1.54) is 63.7 Å². The van der Waals surface area contributed by atoms with E-state index < -0.39 is 5.60 Å². The van der Waals surface area contributed by atoms with Crippen molar-refractivity contribution in [3.63, 3.8) is 0 Å². The molecule has 0 spiro atoms. The van der Waals surface area contributed by atoms with E-state index in [0.29, 0.717) is 5.69 Å². The van der Waals surface area contributed by atoms with Gasteiger partial charge >= 0.3 is 0 Å². The minimum absolute atomic E-state index is 0.173. The van der Waals surface area contributed by atoms with Crippen LogP contribution in [-0.2, 0) is 12.1 Å². The van der Waals surface area contributed by atoms with Crippen LogP contribution in [0.4, 0.5) is 4.39 Å². The number of thioether (sulfide) groups is 1. The van der Waals surface area contributed by atoms with Crippen molar-refractivity contribution < 1.29 is 18.9 Å². The van der Waals surface area contributed by atoms with Crippen LogP contribution in [0, 0.1) is 17.7 Å². The maximum Gasteiger partial charge on any atom is 0.191 e. The molecule has 1 saturated heterocycles. The van der Waals surface area contributed by atoms with E-state index in [0.717, 1.165) is 41.5 Å². The molecule has 0 radical (unpaired) electrons. The smallest absolute Gasteiger partial charge is 0.191 e. The Balaban J connectivity index is 0.000000301. The van der Waals surface area contributed by atoms with Crippen LogP contribution in [0.2, 0.25) is 0 Å². The third kappa shape index (κ3) is 7.24. The van der Waals surface area contributed by atoms with Crippen molar-refractivity contribution in [2.75, 3.05) is 19.3 Å². The predicted octanol–water partition coefficient (Wildman–Crippen LogP) is 6.24. The number of nitrogens with zero attached hydrogens (tertiary/aromatic N) is 1. The van der Waals surface area contributed by atoms with Crippen LogP contribution in [0.25, 0.3) is 0 Å². The molecule has 1 unspecified atom stereocenters. The fraction of sp³-hybridized carbons (Fsp3) is 0.516. The van der Waals surface area contributed by atoms with Crippen LogP contribution in [0.1, 0.15) is 75.3 Å². The summed E-state index contributed by atoms with van der Waals surface area (Å²) in [5, 5.41) is 16.3. The van der Waals surface area contributed by atoms with Crippen molar-refractivity contribution in [3.05, 3.63) is 83.5 Å². The first-order chi connectivity index (χ1) is 18.0. The third-order valence-electron chi connectivity index (χ3n) is 8.22. The Kier molecular flexibility index (Phi) is 10.2. The van der Waals surface area contributed by atoms with E-state index in [1.54, 1.807) is 28.8 Å². The van der Waals surface area contributed by atoms with Gasteiger partial charge in [0.05, 0.1) is 13.1 Å². The highest BCUT2D eigenvalue weighted by molar-refractivity contribution is 7.98. The van der Waals surface area contributed by atoms with Crippen molar-refractivity contribution in [2.45, 2.75) is 75.3 Å². The molecule has 3 aromatic rings. The lowest BCUT2D eigenvalue weighted by Gasteiger charge is -2.37. The minimum atomic E-state index is -1.05. The van der Waals surface area contributed by atoms with Gasteiger partial charge in [-0.3, -0.25) is 0 Å². The second-order valence-electron chi connectivity index (χ2n) is 10.6. The molecule has 1 atom stereocenters. The summed E-state index contributed by atoms with van der Waals surface area (Å²) in [4.78, 5) is 2.67. The van der Waals surface area contributed by atoms with Crippen LogP contribution in [-0.4, -0.2) is 29.6 Å². The van der Waals surface area contributed by atoms with Gasteiger partial charge in [-0.15, -0.1) is 11.8 Å². The van der Waals surface area contributed by atoms with Crippen LogP contribution in [0.5, 0.6) is 0 Å². The standard InChI is InChI=1S/C24H34N2O2.C7H7FS/c1-2-19-13-15-26(16-14-19)18-22-17-23(25-28-22)24(27,20-9-5-3-6-10-20)21-11-7-4-8-12-21;1-9-7-4-2-6(8)3-5-7/h3,5-6,9-10,17,19,21,27H,2,4,7-8,11-16,18H2,1H3;2-5H,1H3/p+1. The van der Waals surface area contributed by atoms with E-state index in [1.807, 2.05) is 42.7 Å². The summed E-state index contributed by atoms with van der Waals surface area (Å²) in [5.41, 5.74) is 0.592. The molecule has 0 amide bonds. The summed E-state index contributed by atoms with van der Waals surface area (Å²) >= 11 is 1.61. The summed E-state index contributed by atoms with van der Waals surface area (Å²) in [6, 6.07) is 18.6. The molecule has 0 bridgehead atoms. The van der Waals surface area contributed by atoms with Gasteiger partial charge in [-0.25, -0.2) is 4.39 Å². The third-order valence-corrected chi connectivity index (χ3v) is 8.97. The SMILES string of the molecule is CCC1CC[NH+](Cc2cc(C(O)(c3ccccc3)C3CCCCC3)no2)CC1.CSc1ccc(F)cc1. The molecule has 1 aliphatic heterocycles. The molecule has 37 heavy (non-hydrogen) atoms. The average Bonchev–Trinajstić information content (AvgIpc) is 3.44. The molecule has 200 valence electrons. The molecule has 2 N–H and O–H groups in total. The molecule has 6 heteroatoms. The first-order valence-corrected chi connectivity index (χ1v) is 15.1. The second kappa shape index (κ2) is 13.6. The summed E-state index contributed by atoms with van der Waals surface area (Å²) in [6.07, 6.45) is 11.6. The lowest BCUT2D eigenvalue weighted by molar-refractivity contribution is -0.920. The second-order valence-corrected chi connectivity index (χ2v) is 11.5.